The van der Waals surface area contributed by atoms with Gasteiger partial charge in [0.15, 0.2) is 6.61 Å². The lowest BCUT2D eigenvalue weighted by atomic mass is 10.1. The number of aryl methyl sites for hydroxylation is 3. The van der Waals surface area contributed by atoms with Crippen LogP contribution in [0.4, 0.5) is 11.4 Å². The van der Waals surface area contributed by atoms with Gasteiger partial charge in [-0.05, 0) is 67.8 Å². The van der Waals surface area contributed by atoms with Crippen LogP contribution in [0.3, 0.4) is 0 Å². The number of carbonyl (C=O) groups is 2. The molecular formula is C24H24N2O3. The van der Waals surface area contributed by atoms with Gasteiger partial charge in [0, 0.05) is 16.9 Å². The Labute approximate surface area is 170 Å². The van der Waals surface area contributed by atoms with Gasteiger partial charge in [-0.2, -0.15) is 0 Å². The van der Waals surface area contributed by atoms with E-state index < -0.39 is 0 Å². The zero-order valence-corrected chi connectivity index (χ0v) is 16.8. The molecule has 0 heterocycles. The SMILES string of the molecule is Cc1cccc(NC(=O)c2cccc(NC(=O)COc3c(C)cccc3C)c2)c1. The van der Waals surface area contributed by atoms with Crippen molar-refractivity contribution in [2.75, 3.05) is 17.2 Å². The summed E-state index contributed by atoms with van der Waals surface area (Å²) in [4.78, 5) is 24.8. The first-order valence-corrected chi connectivity index (χ1v) is 9.39. The van der Waals surface area contributed by atoms with Gasteiger partial charge >= 0.3 is 0 Å². The van der Waals surface area contributed by atoms with Crippen LogP contribution in [0.15, 0.2) is 66.7 Å². The highest BCUT2D eigenvalue weighted by molar-refractivity contribution is 6.05. The number of hydrogen-bond acceptors (Lipinski definition) is 3. The quantitative estimate of drug-likeness (QED) is 0.632. The first-order chi connectivity index (χ1) is 13.9. The van der Waals surface area contributed by atoms with Crippen molar-refractivity contribution in [3.63, 3.8) is 0 Å². The Morgan fingerprint density at radius 1 is 0.793 bits per heavy atom. The summed E-state index contributed by atoms with van der Waals surface area (Å²) in [6.45, 7) is 5.74. The van der Waals surface area contributed by atoms with Gasteiger partial charge in [-0.3, -0.25) is 9.59 Å². The molecule has 2 amide bonds. The molecule has 0 saturated carbocycles. The molecule has 0 bridgehead atoms. The van der Waals surface area contributed by atoms with Gasteiger partial charge in [0.25, 0.3) is 11.8 Å². The van der Waals surface area contributed by atoms with Crippen molar-refractivity contribution in [2.24, 2.45) is 0 Å². The molecule has 2 N–H and O–H groups in total. The zero-order chi connectivity index (χ0) is 20.8. The predicted octanol–water partition coefficient (Wildman–Crippen LogP) is 4.88. The largest absolute Gasteiger partial charge is 0.483 e. The highest BCUT2D eigenvalue weighted by Gasteiger charge is 2.10. The third-order valence-electron chi connectivity index (χ3n) is 4.44. The molecule has 3 aromatic rings. The third kappa shape index (κ3) is 5.45. The second kappa shape index (κ2) is 9.06. The highest BCUT2D eigenvalue weighted by atomic mass is 16.5. The van der Waals surface area contributed by atoms with Gasteiger partial charge in [0.05, 0.1) is 0 Å². The summed E-state index contributed by atoms with van der Waals surface area (Å²) in [7, 11) is 0. The molecule has 0 fully saturated rings. The summed E-state index contributed by atoms with van der Waals surface area (Å²) in [5.74, 6) is 0.191. The first-order valence-electron chi connectivity index (χ1n) is 9.39. The van der Waals surface area contributed by atoms with Crippen LogP contribution in [-0.4, -0.2) is 18.4 Å². The van der Waals surface area contributed by atoms with E-state index >= 15 is 0 Å². The molecule has 5 nitrogen and oxygen atoms in total. The Hall–Kier alpha value is -3.60. The van der Waals surface area contributed by atoms with Crippen molar-refractivity contribution in [1.29, 1.82) is 0 Å². The van der Waals surface area contributed by atoms with Crippen molar-refractivity contribution in [3.05, 3.63) is 89.0 Å². The number of anilines is 2. The Kier molecular flexibility index (Phi) is 6.29. The normalized spacial score (nSPS) is 10.3. The Morgan fingerprint density at radius 3 is 2.10 bits per heavy atom. The molecule has 29 heavy (non-hydrogen) atoms. The van der Waals surface area contributed by atoms with Gasteiger partial charge in [0.1, 0.15) is 5.75 Å². The van der Waals surface area contributed by atoms with E-state index in [1.165, 1.54) is 0 Å². The molecule has 0 aliphatic carbocycles. The molecule has 148 valence electrons. The highest BCUT2D eigenvalue weighted by Crippen LogP contribution is 2.22. The summed E-state index contributed by atoms with van der Waals surface area (Å²) < 4.78 is 5.68. The minimum Gasteiger partial charge on any atom is -0.483 e. The van der Waals surface area contributed by atoms with Gasteiger partial charge in [0.2, 0.25) is 0 Å². The van der Waals surface area contributed by atoms with Crippen molar-refractivity contribution >= 4 is 23.2 Å². The van der Waals surface area contributed by atoms with Crippen LogP contribution in [0, 0.1) is 20.8 Å². The van der Waals surface area contributed by atoms with Crippen LogP contribution in [-0.2, 0) is 4.79 Å². The molecule has 0 radical (unpaired) electrons. The summed E-state index contributed by atoms with van der Waals surface area (Å²) in [6, 6.07) is 20.2. The number of amides is 2. The van der Waals surface area contributed by atoms with E-state index in [2.05, 4.69) is 10.6 Å². The molecule has 3 rings (SSSR count). The number of carbonyl (C=O) groups excluding carboxylic acids is 2. The van der Waals surface area contributed by atoms with Crippen LogP contribution >= 0.6 is 0 Å². The molecule has 0 aliphatic heterocycles. The minimum absolute atomic E-state index is 0.106. The summed E-state index contributed by atoms with van der Waals surface area (Å²) in [5.41, 5.74) is 4.75. The van der Waals surface area contributed by atoms with Crippen molar-refractivity contribution in [1.82, 2.24) is 0 Å². The van der Waals surface area contributed by atoms with E-state index in [1.54, 1.807) is 24.3 Å². The molecule has 0 aromatic heterocycles. The maximum Gasteiger partial charge on any atom is 0.262 e. The van der Waals surface area contributed by atoms with E-state index in [9.17, 15) is 9.59 Å². The molecule has 0 saturated heterocycles. The zero-order valence-electron chi connectivity index (χ0n) is 16.8. The van der Waals surface area contributed by atoms with Crippen molar-refractivity contribution in [3.8, 4) is 5.75 Å². The maximum absolute atomic E-state index is 12.5. The number of rotatable bonds is 6. The molecule has 0 atom stereocenters. The second-order valence-electron chi connectivity index (χ2n) is 6.96. The van der Waals surface area contributed by atoms with Crippen LogP contribution in [0.2, 0.25) is 0 Å². The molecule has 0 aliphatic rings. The molecule has 0 unspecified atom stereocenters. The number of ether oxygens (including phenoxy) is 1. The minimum atomic E-state index is -0.288. The van der Waals surface area contributed by atoms with Crippen LogP contribution in [0.1, 0.15) is 27.0 Å². The van der Waals surface area contributed by atoms with Crippen LogP contribution in [0.5, 0.6) is 5.75 Å². The summed E-state index contributed by atoms with van der Waals surface area (Å²) in [6.07, 6.45) is 0. The van der Waals surface area contributed by atoms with Gasteiger partial charge < -0.3 is 15.4 Å². The topological polar surface area (TPSA) is 67.4 Å². The first kappa shape index (κ1) is 20.1. The van der Waals surface area contributed by atoms with Crippen LogP contribution in [0.25, 0.3) is 0 Å². The number of benzene rings is 3. The lowest BCUT2D eigenvalue weighted by Crippen LogP contribution is -2.21. The summed E-state index contributed by atoms with van der Waals surface area (Å²) >= 11 is 0. The average Bonchev–Trinajstić information content (AvgIpc) is 2.68. The Balaban J connectivity index is 1.61. The fourth-order valence-electron chi connectivity index (χ4n) is 3.03. The van der Waals surface area contributed by atoms with E-state index in [0.717, 1.165) is 22.4 Å². The number of para-hydroxylation sites is 1. The van der Waals surface area contributed by atoms with E-state index in [-0.39, 0.29) is 18.4 Å². The molecule has 0 spiro atoms. The van der Waals surface area contributed by atoms with Gasteiger partial charge in [-0.25, -0.2) is 0 Å². The molecular weight excluding hydrogens is 364 g/mol. The van der Waals surface area contributed by atoms with Gasteiger partial charge in [-0.15, -0.1) is 0 Å². The second-order valence-corrected chi connectivity index (χ2v) is 6.96. The molecule has 3 aromatic carbocycles. The molecule has 5 heteroatoms. The maximum atomic E-state index is 12.5. The van der Waals surface area contributed by atoms with E-state index in [1.807, 2.05) is 63.2 Å². The Morgan fingerprint density at radius 2 is 1.41 bits per heavy atom. The standard InChI is InChI=1S/C24H24N2O3/c1-16-7-4-11-20(13-16)26-24(28)19-10-6-12-21(14-19)25-22(27)15-29-23-17(2)8-5-9-18(23)3/h4-14H,15H2,1-3H3,(H,25,27)(H,26,28). The lowest BCUT2D eigenvalue weighted by Gasteiger charge is -2.12. The number of nitrogens with one attached hydrogen (secondary N) is 2. The monoisotopic (exact) mass is 388 g/mol. The fourth-order valence-corrected chi connectivity index (χ4v) is 3.03. The average molecular weight is 388 g/mol. The van der Waals surface area contributed by atoms with E-state index in [4.69, 9.17) is 4.74 Å². The van der Waals surface area contributed by atoms with Gasteiger partial charge in [-0.1, -0.05) is 36.4 Å². The van der Waals surface area contributed by atoms with Crippen molar-refractivity contribution < 1.29 is 14.3 Å². The Bertz CT molecular complexity index is 1020. The third-order valence-corrected chi connectivity index (χ3v) is 4.44. The number of hydrogen-bond donors (Lipinski definition) is 2. The lowest BCUT2D eigenvalue weighted by molar-refractivity contribution is -0.118. The summed E-state index contributed by atoms with van der Waals surface area (Å²) in [5, 5.41) is 5.64. The van der Waals surface area contributed by atoms with Crippen LogP contribution < -0.4 is 15.4 Å². The fraction of sp³-hybridized carbons (Fsp3) is 0.167. The van der Waals surface area contributed by atoms with Crippen molar-refractivity contribution in [2.45, 2.75) is 20.8 Å². The smallest absolute Gasteiger partial charge is 0.262 e. The predicted molar refractivity (Wildman–Crippen MR) is 116 cm³/mol. The van der Waals surface area contributed by atoms with E-state index in [0.29, 0.717) is 17.0 Å².